The van der Waals surface area contributed by atoms with Gasteiger partial charge in [-0.1, -0.05) is 30.0 Å². The monoisotopic (exact) mass is 260 g/mol. The first kappa shape index (κ1) is 12.5. The third-order valence-electron chi connectivity index (χ3n) is 2.20. The van der Waals surface area contributed by atoms with Gasteiger partial charge >= 0.3 is 0 Å². The van der Waals surface area contributed by atoms with Crippen LogP contribution in [0, 0.1) is 11.3 Å². The Hall–Kier alpha value is -1.91. The molecule has 0 amide bonds. The lowest BCUT2D eigenvalue weighted by atomic mass is 10.1. The molecule has 1 unspecified atom stereocenters. The zero-order chi connectivity index (χ0) is 13.0. The quantitative estimate of drug-likeness (QED) is 0.824. The zero-order valence-electron chi connectivity index (χ0n) is 9.82. The fourth-order valence-corrected chi connectivity index (χ4v) is 2.10. The summed E-state index contributed by atoms with van der Waals surface area (Å²) in [6.07, 6.45) is 0. The summed E-state index contributed by atoms with van der Waals surface area (Å²) in [5.74, 6) is 0.427. The second kappa shape index (κ2) is 5.16. The second-order valence-corrected chi connectivity index (χ2v) is 4.97. The molecule has 0 aliphatic carbocycles. The number of tetrazole rings is 1. The summed E-state index contributed by atoms with van der Waals surface area (Å²) in [6.45, 7) is 1.68. The summed E-state index contributed by atoms with van der Waals surface area (Å²) in [6, 6.07) is 11.6. The van der Waals surface area contributed by atoms with Crippen LogP contribution in [0.1, 0.15) is 6.92 Å². The van der Waals surface area contributed by atoms with Crippen molar-refractivity contribution in [3.05, 3.63) is 30.3 Å². The van der Waals surface area contributed by atoms with E-state index < -0.39 is 5.54 Å². The molecule has 0 fully saturated rings. The van der Waals surface area contributed by atoms with E-state index in [0.717, 1.165) is 5.69 Å². The third kappa shape index (κ3) is 2.85. The molecule has 2 N–H and O–H groups in total. The van der Waals surface area contributed by atoms with Gasteiger partial charge in [-0.3, -0.25) is 0 Å². The second-order valence-electron chi connectivity index (χ2n) is 4.03. The van der Waals surface area contributed by atoms with Gasteiger partial charge in [0.25, 0.3) is 0 Å². The van der Waals surface area contributed by atoms with Gasteiger partial charge in [-0.25, -0.2) is 0 Å². The summed E-state index contributed by atoms with van der Waals surface area (Å²) in [5, 5.41) is 21.0. The van der Waals surface area contributed by atoms with E-state index in [2.05, 4.69) is 15.5 Å². The van der Waals surface area contributed by atoms with Crippen molar-refractivity contribution >= 4 is 11.8 Å². The highest BCUT2D eigenvalue weighted by Crippen LogP contribution is 2.20. The maximum absolute atomic E-state index is 8.86. The van der Waals surface area contributed by atoms with Crippen molar-refractivity contribution in [2.75, 3.05) is 5.75 Å². The molecule has 1 atom stereocenters. The number of rotatable bonds is 4. The van der Waals surface area contributed by atoms with E-state index in [1.54, 1.807) is 11.6 Å². The molecular formula is C11H12N6S. The molecule has 2 aromatic rings. The fourth-order valence-electron chi connectivity index (χ4n) is 1.25. The van der Waals surface area contributed by atoms with Crippen molar-refractivity contribution in [3.63, 3.8) is 0 Å². The molecule has 0 aliphatic rings. The normalized spacial score (nSPS) is 13.8. The lowest BCUT2D eigenvalue weighted by Gasteiger charge is -2.13. The van der Waals surface area contributed by atoms with E-state index in [4.69, 9.17) is 11.0 Å². The Kier molecular flexibility index (Phi) is 3.60. The van der Waals surface area contributed by atoms with Crippen LogP contribution in [0.4, 0.5) is 0 Å². The zero-order valence-corrected chi connectivity index (χ0v) is 10.6. The number of benzene rings is 1. The van der Waals surface area contributed by atoms with Crippen LogP contribution in [-0.2, 0) is 0 Å². The van der Waals surface area contributed by atoms with Crippen molar-refractivity contribution in [2.45, 2.75) is 17.6 Å². The molecule has 18 heavy (non-hydrogen) atoms. The van der Waals surface area contributed by atoms with Crippen LogP contribution in [0.15, 0.2) is 35.5 Å². The SMILES string of the molecule is CC(N)(C#N)CSc1nnnn1-c1ccccc1. The van der Waals surface area contributed by atoms with Crippen LogP contribution in [-0.4, -0.2) is 31.5 Å². The molecule has 7 heteroatoms. The van der Waals surface area contributed by atoms with Crippen molar-refractivity contribution in [1.82, 2.24) is 20.2 Å². The first-order valence-electron chi connectivity index (χ1n) is 5.29. The maximum Gasteiger partial charge on any atom is 0.214 e. The molecular weight excluding hydrogens is 248 g/mol. The molecule has 1 heterocycles. The predicted octanol–water partition coefficient (Wildman–Crippen LogP) is 0.995. The number of nitrogens with two attached hydrogens (primary N) is 1. The van der Waals surface area contributed by atoms with Gasteiger partial charge in [-0.2, -0.15) is 9.94 Å². The highest BCUT2D eigenvalue weighted by molar-refractivity contribution is 7.99. The lowest BCUT2D eigenvalue weighted by molar-refractivity contribution is 0.678. The Morgan fingerprint density at radius 3 is 2.83 bits per heavy atom. The molecule has 0 saturated heterocycles. The Morgan fingerprint density at radius 2 is 2.17 bits per heavy atom. The van der Waals surface area contributed by atoms with Gasteiger partial charge in [0.2, 0.25) is 5.16 Å². The van der Waals surface area contributed by atoms with E-state index >= 15 is 0 Å². The number of thioether (sulfide) groups is 1. The highest BCUT2D eigenvalue weighted by atomic mass is 32.2. The van der Waals surface area contributed by atoms with Crippen LogP contribution in [0.5, 0.6) is 0 Å². The lowest BCUT2D eigenvalue weighted by Crippen LogP contribution is -2.36. The summed E-state index contributed by atoms with van der Waals surface area (Å²) in [7, 11) is 0. The average molecular weight is 260 g/mol. The Bertz CT molecular complexity index is 556. The topological polar surface area (TPSA) is 93.4 Å². The summed E-state index contributed by atoms with van der Waals surface area (Å²) in [5.41, 5.74) is 5.75. The van der Waals surface area contributed by atoms with Crippen LogP contribution in [0.2, 0.25) is 0 Å². The standard InChI is InChI=1S/C11H12N6S/c1-11(13,7-12)8-18-10-14-15-16-17(10)9-5-3-2-4-6-9/h2-6H,8,13H2,1H3. The number of nitriles is 1. The van der Waals surface area contributed by atoms with Gasteiger partial charge in [0.15, 0.2) is 0 Å². The molecule has 0 saturated carbocycles. The largest absolute Gasteiger partial charge is 0.313 e. The van der Waals surface area contributed by atoms with Gasteiger partial charge in [-0.15, -0.1) is 5.10 Å². The van der Waals surface area contributed by atoms with E-state index in [1.807, 2.05) is 36.4 Å². The van der Waals surface area contributed by atoms with Crippen LogP contribution >= 0.6 is 11.8 Å². The molecule has 1 aromatic heterocycles. The van der Waals surface area contributed by atoms with Crippen LogP contribution in [0.3, 0.4) is 0 Å². The van der Waals surface area contributed by atoms with Crippen LogP contribution in [0.25, 0.3) is 5.69 Å². The van der Waals surface area contributed by atoms with Gasteiger partial charge in [0, 0.05) is 5.75 Å². The molecule has 0 spiro atoms. The summed E-state index contributed by atoms with van der Waals surface area (Å²) in [4.78, 5) is 0. The first-order valence-corrected chi connectivity index (χ1v) is 6.28. The molecule has 0 bridgehead atoms. The minimum atomic E-state index is -0.891. The maximum atomic E-state index is 8.86. The fraction of sp³-hybridized carbons (Fsp3) is 0.273. The van der Waals surface area contributed by atoms with Crippen LogP contribution < -0.4 is 5.73 Å². The van der Waals surface area contributed by atoms with Gasteiger partial charge in [0.1, 0.15) is 5.54 Å². The number of para-hydroxylation sites is 1. The number of hydrogen-bond acceptors (Lipinski definition) is 6. The van der Waals surface area contributed by atoms with Gasteiger partial charge < -0.3 is 5.73 Å². The Labute approximate surface area is 109 Å². The predicted molar refractivity (Wildman–Crippen MR) is 68.1 cm³/mol. The van der Waals surface area contributed by atoms with Crippen molar-refractivity contribution in [3.8, 4) is 11.8 Å². The molecule has 2 rings (SSSR count). The minimum absolute atomic E-state index is 0.427. The summed E-state index contributed by atoms with van der Waals surface area (Å²) >= 11 is 1.36. The average Bonchev–Trinajstić information content (AvgIpc) is 2.86. The molecule has 6 nitrogen and oxygen atoms in total. The van der Waals surface area contributed by atoms with E-state index in [9.17, 15) is 0 Å². The van der Waals surface area contributed by atoms with Crippen molar-refractivity contribution in [1.29, 1.82) is 5.26 Å². The van der Waals surface area contributed by atoms with Crippen molar-refractivity contribution in [2.24, 2.45) is 5.73 Å². The minimum Gasteiger partial charge on any atom is -0.313 e. The molecule has 1 aromatic carbocycles. The molecule has 0 radical (unpaired) electrons. The summed E-state index contributed by atoms with van der Waals surface area (Å²) < 4.78 is 1.62. The number of hydrogen-bond donors (Lipinski definition) is 1. The first-order chi connectivity index (χ1) is 8.62. The smallest absolute Gasteiger partial charge is 0.214 e. The van der Waals surface area contributed by atoms with E-state index in [-0.39, 0.29) is 0 Å². The highest BCUT2D eigenvalue weighted by Gasteiger charge is 2.20. The molecule has 92 valence electrons. The van der Waals surface area contributed by atoms with Crippen molar-refractivity contribution < 1.29 is 0 Å². The van der Waals surface area contributed by atoms with E-state index in [0.29, 0.717) is 10.9 Å². The Balaban J connectivity index is 2.17. The number of aromatic nitrogens is 4. The number of nitrogens with zero attached hydrogens (tertiary/aromatic N) is 5. The van der Waals surface area contributed by atoms with Gasteiger partial charge in [-0.05, 0) is 29.5 Å². The van der Waals surface area contributed by atoms with E-state index in [1.165, 1.54) is 11.8 Å². The Morgan fingerprint density at radius 1 is 1.44 bits per heavy atom. The third-order valence-corrected chi connectivity index (χ3v) is 3.45. The molecule has 0 aliphatic heterocycles. The van der Waals surface area contributed by atoms with Gasteiger partial charge in [0.05, 0.1) is 11.8 Å².